The van der Waals surface area contributed by atoms with Gasteiger partial charge in [-0.05, 0) is 55.3 Å². The standard InChI is InChI=1S/C27H21ClF3N3O6S/c28-15-6-7-18-20(21(15)31)27(8-1-9-32-12-27)40-26(39)34(18)24(36)17(10-13-2-4-14(29)5-3-13)33-23(35)19-11-16(30)22(41-19)25(37)38/h2-7,11,17,32H,1,8-10,12H2,(H,33,35)(H,37,38)/t17-,27-/m0/s1. The van der Waals surface area contributed by atoms with Crippen molar-refractivity contribution in [1.82, 2.24) is 10.6 Å². The monoisotopic (exact) mass is 607 g/mol. The summed E-state index contributed by atoms with van der Waals surface area (Å²) < 4.78 is 48.8. The highest BCUT2D eigenvalue weighted by Gasteiger charge is 2.50. The second-order valence-corrected chi connectivity index (χ2v) is 11.0. The number of hydrogen-bond donors (Lipinski definition) is 3. The molecule has 14 heteroatoms. The zero-order valence-corrected chi connectivity index (χ0v) is 22.6. The summed E-state index contributed by atoms with van der Waals surface area (Å²) >= 11 is 6.43. The van der Waals surface area contributed by atoms with Gasteiger partial charge < -0.3 is 20.5 Å². The number of imide groups is 1. The van der Waals surface area contributed by atoms with Gasteiger partial charge in [0.1, 0.15) is 22.6 Å². The normalized spacial score (nSPS) is 18.9. The van der Waals surface area contributed by atoms with Crippen molar-refractivity contribution in [1.29, 1.82) is 0 Å². The van der Waals surface area contributed by atoms with Crippen LogP contribution in [0.1, 0.15) is 43.3 Å². The van der Waals surface area contributed by atoms with Crippen molar-refractivity contribution >= 4 is 52.5 Å². The summed E-state index contributed by atoms with van der Waals surface area (Å²) in [5, 5.41) is 14.4. The molecule has 1 saturated heterocycles. The fraction of sp³-hybridized carbons (Fsp3) is 0.259. The van der Waals surface area contributed by atoms with Crippen molar-refractivity contribution in [2.24, 2.45) is 0 Å². The van der Waals surface area contributed by atoms with Crippen molar-refractivity contribution in [3.05, 3.63) is 85.8 Å². The highest BCUT2D eigenvalue weighted by atomic mass is 35.5. The van der Waals surface area contributed by atoms with Gasteiger partial charge in [-0.15, -0.1) is 11.3 Å². The van der Waals surface area contributed by atoms with Gasteiger partial charge in [-0.3, -0.25) is 9.59 Å². The molecule has 0 unspecified atom stereocenters. The summed E-state index contributed by atoms with van der Waals surface area (Å²) in [5.41, 5.74) is -1.25. The number of halogens is 4. The number of aromatic carboxylic acids is 1. The number of hydrogen-bond acceptors (Lipinski definition) is 7. The van der Waals surface area contributed by atoms with Crippen molar-refractivity contribution in [3.8, 4) is 0 Å². The molecule has 0 saturated carbocycles. The van der Waals surface area contributed by atoms with Crippen molar-refractivity contribution < 1.29 is 42.2 Å². The zero-order valence-electron chi connectivity index (χ0n) is 21.0. The van der Waals surface area contributed by atoms with Crippen molar-refractivity contribution in [3.63, 3.8) is 0 Å². The minimum Gasteiger partial charge on any atom is -0.477 e. The van der Waals surface area contributed by atoms with Crippen LogP contribution in [0.2, 0.25) is 5.02 Å². The predicted octanol–water partition coefficient (Wildman–Crippen LogP) is 4.62. The minimum atomic E-state index is -1.58. The molecule has 214 valence electrons. The third-order valence-corrected chi connectivity index (χ3v) is 8.25. The van der Waals surface area contributed by atoms with Crippen molar-refractivity contribution in [2.45, 2.75) is 30.9 Å². The number of nitrogens with one attached hydrogen (secondary N) is 2. The molecule has 2 aromatic carbocycles. The number of fused-ring (bicyclic) bond motifs is 2. The molecule has 1 aromatic heterocycles. The van der Waals surface area contributed by atoms with Crippen LogP contribution in [0.3, 0.4) is 0 Å². The summed E-state index contributed by atoms with van der Waals surface area (Å²) in [6, 6.07) is 6.67. The number of carbonyl (C=O) groups is 4. The molecule has 3 N–H and O–H groups in total. The maximum absolute atomic E-state index is 15.5. The molecule has 0 radical (unpaired) electrons. The predicted molar refractivity (Wildman–Crippen MR) is 142 cm³/mol. The molecule has 2 aliphatic rings. The van der Waals surface area contributed by atoms with Gasteiger partial charge >= 0.3 is 12.1 Å². The first-order valence-corrected chi connectivity index (χ1v) is 13.5. The Morgan fingerprint density at radius 2 is 1.90 bits per heavy atom. The third-order valence-electron chi connectivity index (χ3n) is 6.86. The van der Waals surface area contributed by atoms with Crippen LogP contribution in [0.4, 0.5) is 23.7 Å². The van der Waals surface area contributed by atoms with E-state index in [1.165, 1.54) is 24.3 Å². The van der Waals surface area contributed by atoms with Crippen LogP contribution in [-0.2, 0) is 21.6 Å². The van der Waals surface area contributed by atoms with Gasteiger partial charge in [0, 0.05) is 13.0 Å². The number of nitrogens with zero attached hydrogens (tertiary/aromatic N) is 1. The largest absolute Gasteiger partial charge is 0.477 e. The molecule has 9 nitrogen and oxygen atoms in total. The number of anilines is 1. The molecule has 3 heterocycles. The van der Waals surface area contributed by atoms with E-state index in [0.717, 1.165) is 12.1 Å². The Morgan fingerprint density at radius 3 is 2.54 bits per heavy atom. The van der Waals surface area contributed by atoms with E-state index in [0.29, 0.717) is 40.8 Å². The smallest absolute Gasteiger partial charge is 0.422 e. The third kappa shape index (κ3) is 5.39. The Balaban J connectivity index is 1.54. The van der Waals surface area contributed by atoms with Crippen LogP contribution in [0.25, 0.3) is 0 Å². The number of benzene rings is 2. The summed E-state index contributed by atoms with van der Waals surface area (Å²) in [5.74, 6) is -6.16. The van der Waals surface area contributed by atoms with E-state index >= 15 is 4.39 Å². The molecule has 1 fully saturated rings. The van der Waals surface area contributed by atoms with E-state index in [1.54, 1.807) is 0 Å². The van der Waals surface area contributed by atoms with Gasteiger partial charge in [0.15, 0.2) is 11.4 Å². The number of thiophene rings is 1. The molecule has 41 heavy (non-hydrogen) atoms. The average Bonchev–Trinajstić information content (AvgIpc) is 3.33. The van der Waals surface area contributed by atoms with Crippen LogP contribution >= 0.6 is 22.9 Å². The van der Waals surface area contributed by atoms with Gasteiger partial charge in [-0.1, -0.05) is 23.7 Å². The summed E-state index contributed by atoms with van der Waals surface area (Å²) in [6.07, 6.45) is -0.552. The number of amides is 3. The summed E-state index contributed by atoms with van der Waals surface area (Å²) in [6.45, 7) is 0.689. The minimum absolute atomic E-state index is 0.0800. The van der Waals surface area contributed by atoms with Crippen LogP contribution in [0.15, 0.2) is 42.5 Å². The van der Waals surface area contributed by atoms with Gasteiger partial charge in [0.2, 0.25) is 0 Å². The maximum Gasteiger partial charge on any atom is 0.422 e. The molecule has 2 aliphatic heterocycles. The Hall–Kier alpha value is -3.94. The van der Waals surface area contributed by atoms with E-state index in [9.17, 15) is 28.0 Å². The Bertz CT molecular complexity index is 1560. The molecule has 0 bridgehead atoms. The Morgan fingerprint density at radius 1 is 1.17 bits per heavy atom. The molecular formula is C27H21ClF3N3O6S. The van der Waals surface area contributed by atoms with Crippen LogP contribution in [0, 0.1) is 17.5 Å². The molecular weight excluding hydrogens is 587 g/mol. The summed E-state index contributed by atoms with van der Waals surface area (Å²) in [7, 11) is 0. The lowest BCUT2D eigenvalue weighted by Gasteiger charge is -2.44. The topological polar surface area (TPSA) is 125 Å². The number of carbonyl (C=O) groups excluding carboxylic acids is 3. The number of carboxylic acids is 1. The van der Waals surface area contributed by atoms with E-state index < -0.39 is 57.8 Å². The van der Waals surface area contributed by atoms with E-state index in [4.69, 9.17) is 21.4 Å². The first-order chi connectivity index (χ1) is 19.5. The fourth-order valence-corrected chi connectivity index (χ4v) is 5.91. The Labute approximate surface area is 239 Å². The van der Waals surface area contributed by atoms with Crippen LogP contribution < -0.4 is 15.5 Å². The highest BCUT2D eigenvalue weighted by molar-refractivity contribution is 7.15. The second kappa shape index (κ2) is 11.1. The lowest BCUT2D eigenvalue weighted by atomic mass is 9.83. The number of rotatable bonds is 6. The molecule has 3 aromatic rings. The fourth-order valence-electron chi connectivity index (χ4n) is 4.98. The molecule has 5 rings (SSSR count). The van der Waals surface area contributed by atoms with Crippen LogP contribution in [0.5, 0.6) is 0 Å². The second-order valence-electron chi connectivity index (χ2n) is 9.52. The van der Waals surface area contributed by atoms with Crippen LogP contribution in [-0.4, -0.2) is 48.1 Å². The average molecular weight is 608 g/mol. The van der Waals surface area contributed by atoms with Gasteiger partial charge in [-0.25, -0.2) is 27.7 Å². The van der Waals surface area contributed by atoms with Gasteiger partial charge in [0.05, 0.1) is 21.2 Å². The van der Waals surface area contributed by atoms with E-state index in [1.807, 2.05) is 0 Å². The summed E-state index contributed by atoms with van der Waals surface area (Å²) in [4.78, 5) is 51.2. The molecule has 2 atom stereocenters. The number of piperidine rings is 1. The van der Waals surface area contributed by atoms with Crippen molar-refractivity contribution in [2.75, 3.05) is 18.0 Å². The lowest BCUT2D eigenvalue weighted by molar-refractivity contribution is -0.120. The molecule has 1 spiro atoms. The number of ether oxygens (including phenoxy) is 1. The molecule has 0 aliphatic carbocycles. The van der Waals surface area contributed by atoms with Gasteiger partial charge in [-0.2, -0.15) is 0 Å². The SMILES string of the molecule is O=C(N[C@@H](Cc1ccc(F)cc1)C(=O)N1C(=O)O[C@]2(CCCNC2)c2c1ccc(Cl)c2F)c1cc(F)c(C(=O)O)s1. The maximum atomic E-state index is 15.5. The Kier molecular flexibility index (Phi) is 7.77. The lowest BCUT2D eigenvalue weighted by Crippen LogP contribution is -2.58. The zero-order chi connectivity index (χ0) is 29.5. The first-order valence-electron chi connectivity index (χ1n) is 12.3. The van der Waals surface area contributed by atoms with E-state index in [-0.39, 0.29) is 40.5 Å². The number of carboxylic acid groups (broad SMARTS) is 1. The first kappa shape index (κ1) is 28.6. The van der Waals surface area contributed by atoms with Gasteiger partial charge in [0.25, 0.3) is 11.8 Å². The quantitative estimate of drug-likeness (QED) is 0.373. The highest BCUT2D eigenvalue weighted by Crippen LogP contribution is 2.46. The van der Waals surface area contributed by atoms with E-state index in [2.05, 4.69) is 10.6 Å². The molecule has 3 amide bonds.